The van der Waals surface area contributed by atoms with Crippen LogP contribution in [0, 0.1) is 5.82 Å². The Morgan fingerprint density at radius 3 is 2.67 bits per heavy atom. The van der Waals surface area contributed by atoms with Gasteiger partial charge in [0.1, 0.15) is 11.4 Å². The SMILES string of the molecule is Cl.N[C@]1(c2ccc(OC(F)(F)F)c(F)c2)CCOc2cccnc21. The summed E-state index contributed by atoms with van der Waals surface area (Å²) in [5.41, 5.74) is 5.93. The van der Waals surface area contributed by atoms with Crippen LogP contribution in [0.1, 0.15) is 17.7 Å². The summed E-state index contributed by atoms with van der Waals surface area (Å²) >= 11 is 0. The van der Waals surface area contributed by atoms with Crippen molar-refractivity contribution in [3.05, 3.63) is 53.6 Å². The van der Waals surface area contributed by atoms with Crippen LogP contribution < -0.4 is 15.2 Å². The van der Waals surface area contributed by atoms with E-state index in [1.54, 1.807) is 12.1 Å². The molecule has 4 nitrogen and oxygen atoms in total. The van der Waals surface area contributed by atoms with E-state index in [0.717, 1.165) is 12.1 Å². The highest BCUT2D eigenvalue weighted by atomic mass is 35.5. The Kier molecular flexibility index (Phi) is 4.91. The molecular formula is C15H13ClF4N2O2. The number of alkyl halides is 3. The van der Waals surface area contributed by atoms with Gasteiger partial charge >= 0.3 is 6.36 Å². The maximum atomic E-state index is 13.9. The van der Waals surface area contributed by atoms with Gasteiger partial charge < -0.3 is 15.2 Å². The van der Waals surface area contributed by atoms with Gasteiger partial charge in [0.25, 0.3) is 0 Å². The first-order valence-electron chi connectivity index (χ1n) is 6.72. The summed E-state index contributed by atoms with van der Waals surface area (Å²) in [6, 6.07) is 6.50. The van der Waals surface area contributed by atoms with E-state index in [4.69, 9.17) is 10.5 Å². The lowest BCUT2D eigenvalue weighted by atomic mass is 9.82. The topological polar surface area (TPSA) is 57.4 Å². The fraction of sp³-hybridized carbons (Fsp3) is 0.267. The number of rotatable bonds is 2. The molecule has 0 amide bonds. The van der Waals surface area contributed by atoms with Crippen LogP contribution in [-0.2, 0) is 5.54 Å². The fourth-order valence-corrected chi connectivity index (χ4v) is 2.55. The van der Waals surface area contributed by atoms with Crippen LogP contribution in [0.2, 0.25) is 0 Å². The first-order valence-corrected chi connectivity index (χ1v) is 6.72. The summed E-state index contributed by atoms with van der Waals surface area (Å²) in [6.07, 6.45) is -3.13. The molecule has 0 spiro atoms. The van der Waals surface area contributed by atoms with Gasteiger partial charge in [0.05, 0.1) is 12.1 Å². The second-order valence-electron chi connectivity index (χ2n) is 5.11. The molecular weight excluding hydrogens is 352 g/mol. The van der Waals surface area contributed by atoms with Gasteiger partial charge in [-0.3, -0.25) is 4.98 Å². The molecule has 1 aliphatic rings. The molecule has 0 saturated carbocycles. The van der Waals surface area contributed by atoms with Crippen LogP contribution in [0.15, 0.2) is 36.5 Å². The van der Waals surface area contributed by atoms with E-state index in [-0.39, 0.29) is 19.0 Å². The molecule has 0 saturated heterocycles. The Morgan fingerprint density at radius 2 is 2.00 bits per heavy atom. The molecule has 0 radical (unpaired) electrons. The molecule has 2 N–H and O–H groups in total. The first-order chi connectivity index (χ1) is 10.8. The zero-order valence-electron chi connectivity index (χ0n) is 12.1. The third-order valence-electron chi connectivity index (χ3n) is 3.62. The minimum absolute atomic E-state index is 0. The second kappa shape index (κ2) is 6.45. The third-order valence-corrected chi connectivity index (χ3v) is 3.62. The zero-order valence-corrected chi connectivity index (χ0v) is 13.0. The number of hydrogen-bond acceptors (Lipinski definition) is 4. The molecule has 0 fully saturated rings. The van der Waals surface area contributed by atoms with Gasteiger partial charge in [-0.15, -0.1) is 25.6 Å². The molecule has 9 heteroatoms. The molecule has 3 rings (SSSR count). The lowest BCUT2D eigenvalue weighted by Crippen LogP contribution is -2.43. The number of hydrogen-bond donors (Lipinski definition) is 1. The Balaban J connectivity index is 0.00000208. The maximum Gasteiger partial charge on any atom is 0.573 e. The number of halogens is 5. The lowest BCUT2D eigenvalue weighted by molar-refractivity contribution is -0.275. The normalized spacial score (nSPS) is 19.7. The molecule has 1 atom stereocenters. The van der Waals surface area contributed by atoms with Crippen molar-refractivity contribution in [2.24, 2.45) is 5.73 Å². The fourth-order valence-electron chi connectivity index (χ4n) is 2.55. The molecule has 1 aromatic heterocycles. The van der Waals surface area contributed by atoms with Crippen molar-refractivity contribution in [3.63, 3.8) is 0 Å². The quantitative estimate of drug-likeness (QED) is 0.828. The second-order valence-corrected chi connectivity index (χ2v) is 5.11. The monoisotopic (exact) mass is 364 g/mol. The van der Waals surface area contributed by atoms with E-state index in [0.29, 0.717) is 23.4 Å². The number of aromatic nitrogens is 1. The van der Waals surface area contributed by atoms with Crippen LogP contribution in [0.25, 0.3) is 0 Å². The average molecular weight is 365 g/mol. The van der Waals surface area contributed by atoms with Crippen molar-refractivity contribution < 1.29 is 27.0 Å². The molecule has 0 bridgehead atoms. The van der Waals surface area contributed by atoms with E-state index >= 15 is 0 Å². The van der Waals surface area contributed by atoms with Crippen molar-refractivity contribution in [3.8, 4) is 11.5 Å². The Labute approximate surface area is 141 Å². The summed E-state index contributed by atoms with van der Waals surface area (Å²) in [5.74, 6) is -1.58. The number of ether oxygens (including phenoxy) is 2. The van der Waals surface area contributed by atoms with Gasteiger partial charge in [-0.25, -0.2) is 4.39 Å². The van der Waals surface area contributed by atoms with Gasteiger partial charge in [0.2, 0.25) is 0 Å². The molecule has 1 aliphatic heterocycles. The van der Waals surface area contributed by atoms with Gasteiger partial charge in [-0.1, -0.05) is 6.07 Å². The van der Waals surface area contributed by atoms with Gasteiger partial charge in [-0.2, -0.15) is 0 Å². The first kappa shape index (κ1) is 18.3. The molecule has 2 aromatic rings. The van der Waals surface area contributed by atoms with Crippen molar-refractivity contribution >= 4 is 12.4 Å². The van der Waals surface area contributed by atoms with E-state index < -0.39 is 23.5 Å². The van der Waals surface area contributed by atoms with Crippen molar-refractivity contribution in [1.29, 1.82) is 0 Å². The predicted molar refractivity (Wildman–Crippen MR) is 79.6 cm³/mol. The summed E-state index contributed by atoms with van der Waals surface area (Å²) in [4.78, 5) is 4.18. The van der Waals surface area contributed by atoms with Crippen molar-refractivity contribution in [2.45, 2.75) is 18.3 Å². The standard InChI is InChI=1S/C15H12F4N2O2.ClH/c16-10-8-9(3-4-11(10)23-15(17,18)19)14(20)5-7-22-12-2-1-6-21-13(12)14;/h1-4,6,8H,5,7,20H2;1H/t14-;/m0./s1. The summed E-state index contributed by atoms with van der Waals surface area (Å²) in [6.45, 7) is 0.289. The Bertz CT molecular complexity index is 742. The summed E-state index contributed by atoms with van der Waals surface area (Å²) < 4.78 is 59.6. The highest BCUT2D eigenvalue weighted by molar-refractivity contribution is 5.85. The lowest BCUT2D eigenvalue weighted by Gasteiger charge is -2.34. The number of fused-ring (bicyclic) bond motifs is 1. The van der Waals surface area contributed by atoms with Gasteiger partial charge in [0, 0.05) is 12.6 Å². The number of nitrogens with zero attached hydrogens (tertiary/aromatic N) is 1. The van der Waals surface area contributed by atoms with Crippen molar-refractivity contribution in [1.82, 2.24) is 4.98 Å². The maximum absolute atomic E-state index is 13.9. The molecule has 0 unspecified atom stereocenters. The summed E-state index contributed by atoms with van der Waals surface area (Å²) in [7, 11) is 0. The van der Waals surface area contributed by atoms with Crippen LogP contribution in [-0.4, -0.2) is 18.0 Å². The molecule has 0 aliphatic carbocycles. The van der Waals surface area contributed by atoms with Gasteiger partial charge in [-0.05, 0) is 29.8 Å². The van der Waals surface area contributed by atoms with E-state index in [9.17, 15) is 17.6 Å². The predicted octanol–water partition coefficient (Wildman–Crippen LogP) is 3.53. The molecule has 24 heavy (non-hydrogen) atoms. The van der Waals surface area contributed by atoms with Gasteiger partial charge in [0.15, 0.2) is 11.6 Å². The highest BCUT2D eigenvalue weighted by Gasteiger charge is 2.38. The Morgan fingerprint density at radius 1 is 1.25 bits per heavy atom. The highest BCUT2D eigenvalue weighted by Crippen LogP contribution is 2.39. The van der Waals surface area contributed by atoms with E-state index in [1.807, 2.05) is 0 Å². The van der Waals surface area contributed by atoms with Crippen LogP contribution in [0.4, 0.5) is 17.6 Å². The largest absolute Gasteiger partial charge is 0.573 e. The van der Waals surface area contributed by atoms with Crippen LogP contribution >= 0.6 is 12.4 Å². The van der Waals surface area contributed by atoms with E-state index in [1.165, 1.54) is 12.3 Å². The minimum Gasteiger partial charge on any atom is -0.491 e. The number of nitrogens with two attached hydrogens (primary N) is 1. The van der Waals surface area contributed by atoms with Crippen LogP contribution in [0.5, 0.6) is 11.5 Å². The zero-order chi connectivity index (χ0) is 16.7. The average Bonchev–Trinajstić information content (AvgIpc) is 2.48. The molecule has 130 valence electrons. The Hall–Kier alpha value is -2.06. The minimum atomic E-state index is -4.96. The molecule has 2 heterocycles. The summed E-state index contributed by atoms with van der Waals surface area (Å²) in [5, 5.41) is 0. The van der Waals surface area contributed by atoms with Crippen molar-refractivity contribution in [2.75, 3.05) is 6.61 Å². The van der Waals surface area contributed by atoms with E-state index in [2.05, 4.69) is 9.72 Å². The molecule has 1 aromatic carbocycles. The number of pyridine rings is 1. The van der Waals surface area contributed by atoms with Crippen LogP contribution in [0.3, 0.4) is 0 Å². The number of benzene rings is 1. The smallest absolute Gasteiger partial charge is 0.491 e. The third kappa shape index (κ3) is 3.39.